The minimum atomic E-state index is -0.651. The molecule has 0 aromatic carbocycles. The van der Waals surface area contributed by atoms with Crippen molar-refractivity contribution in [3.8, 4) is 0 Å². The van der Waals surface area contributed by atoms with Gasteiger partial charge in [0.05, 0.1) is 5.25 Å². The van der Waals surface area contributed by atoms with Crippen molar-refractivity contribution >= 4 is 10.8 Å². The summed E-state index contributed by atoms with van der Waals surface area (Å²) in [4.78, 5) is 0. The zero-order valence-corrected chi connectivity index (χ0v) is 12.0. The van der Waals surface area contributed by atoms with Crippen LogP contribution in [-0.4, -0.2) is 27.8 Å². The lowest BCUT2D eigenvalue weighted by Crippen LogP contribution is -2.46. The van der Waals surface area contributed by atoms with Crippen LogP contribution >= 0.6 is 0 Å². The number of rotatable bonds is 5. The molecule has 4 unspecified atom stereocenters. The fourth-order valence-electron chi connectivity index (χ4n) is 2.57. The monoisotopic (exact) mass is 245 g/mol. The van der Waals surface area contributed by atoms with Crippen LogP contribution in [0.4, 0.5) is 0 Å². The average Bonchev–Trinajstić information content (AvgIpc) is 2.20. The van der Waals surface area contributed by atoms with E-state index in [1.54, 1.807) is 0 Å². The third kappa shape index (κ3) is 4.17. The van der Waals surface area contributed by atoms with Crippen LogP contribution in [-0.2, 0) is 10.8 Å². The van der Waals surface area contributed by atoms with Crippen molar-refractivity contribution in [3.63, 3.8) is 0 Å². The molecular weight excluding hydrogens is 218 g/mol. The van der Waals surface area contributed by atoms with Gasteiger partial charge in [-0.15, -0.1) is 0 Å². The van der Waals surface area contributed by atoms with Crippen LogP contribution in [0.25, 0.3) is 0 Å². The Morgan fingerprint density at radius 2 is 2.06 bits per heavy atom. The Bertz CT molecular complexity index is 230. The molecular formula is C13H27NOS. The molecule has 0 heterocycles. The standard InChI is InChI=1S/C13H27NOS/c1-5-14-12-7-6-11(4)8-13(12)16(15)9-10(2)3/h10-14H,5-9H2,1-4H3. The number of nitrogens with one attached hydrogen (secondary N) is 1. The van der Waals surface area contributed by atoms with Gasteiger partial charge in [0, 0.05) is 22.6 Å². The van der Waals surface area contributed by atoms with Crippen molar-refractivity contribution in [1.82, 2.24) is 5.32 Å². The largest absolute Gasteiger partial charge is 0.313 e. The Morgan fingerprint density at radius 3 is 2.62 bits per heavy atom. The Kier molecular flexibility index (Phi) is 5.98. The highest BCUT2D eigenvalue weighted by Gasteiger charge is 2.32. The van der Waals surface area contributed by atoms with E-state index in [4.69, 9.17) is 0 Å². The molecule has 1 aliphatic carbocycles. The van der Waals surface area contributed by atoms with Gasteiger partial charge in [0.15, 0.2) is 0 Å². The van der Waals surface area contributed by atoms with E-state index in [1.807, 2.05) is 0 Å². The minimum Gasteiger partial charge on any atom is -0.313 e. The van der Waals surface area contributed by atoms with Crippen molar-refractivity contribution in [2.24, 2.45) is 11.8 Å². The smallest absolute Gasteiger partial charge is 0.0503 e. The fraction of sp³-hybridized carbons (Fsp3) is 1.00. The van der Waals surface area contributed by atoms with Crippen LogP contribution in [0.2, 0.25) is 0 Å². The van der Waals surface area contributed by atoms with E-state index in [1.165, 1.54) is 12.8 Å². The highest BCUT2D eigenvalue weighted by molar-refractivity contribution is 7.85. The second kappa shape index (κ2) is 6.75. The van der Waals surface area contributed by atoms with Crippen LogP contribution in [0, 0.1) is 11.8 Å². The lowest BCUT2D eigenvalue weighted by molar-refractivity contribution is 0.316. The van der Waals surface area contributed by atoms with E-state index in [0.29, 0.717) is 17.2 Å². The summed E-state index contributed by atoms with van der Waals surface area (Å²) in [5.41, 5.74) is 0. The highest BCUT2D eigenvalue weighted by atomic mass is 32.2. The maximum absolute atomic E-state index is 12.3. The first kappa shape index (κ1) is 14.2. The maximum Gasteiger partial charge on any atom is 0.0503 e. The molecule has 3 heteroatoms. The summed E-state index contributed by atoms with van der Waals surface area (Å²) in [6.07, 6.45) is 3.62. The van der Waals surface area contributed by atoms with Crippen molar-refractivity contribution in [1.29, 1.82) is 0 Å². The summed E-state index contributed by atoms with van der Waals surface area (Å²) in [7, 11) is -0.651. The van der Waals surface area contributed by atoms with Gasteiger partial charge >= 0.3 is 0 Å². The van der Waals surface area contributed by atoms with E-state index >= 15 is 0 Å². The minimum absolute atomic E-state index is 0.381. The molecule has 2 nitrogen and oxygen atoms in total. The lowest BCUT2D eigenvalue weighted by Gasteiger charge is -2.35. The normalized spacial score (nSPS) is 32.9. The Labute approximate surface area is 103 Å². The molecule has 0 saturated heterocycles. The first-order valence-electron chi connectivity index (χ1n) is 6.65. The first-order chi connectivity index (χ1) is 7.54. The Balaban J connectivity index is 2.59. The second-order valence-electron chi connectivity index (χ2n) is 5.56. The van der Waals surface area contributed by atoms with E-state index in [-0.39, 0.29) is 0 Å². The number of hydrogen-bond acceptors (Lipinski definition) is 2. The molecule has 0 radical (unpaired) electrons. The first-order valence-corrected chi connectivity index (χ1v) is 8.03. The molecule has 16 heavy (non-hydrogen) atoms. The summed E-state index contributed by atoms with van der Waals surface area (Å²) in [6.45, 7) is 9.75. The van der Waals surface area contributed by atoms with Crippen LogP contribution in [0.1, 0.15) is 47.0 Å². The molecule has 0 bridgehead atoms. The third-order valence-electron chi connectivity index (χ3n) is 3.36. The second-order valence-corrected chi connectivity index (χ2v) is 7.26. The molecule has 4 atom stereocenters. The van der Waals surface area contributed by atoms with E-state index in [0.717, 1.165) is 24.6 Å². The molecule has 1 saturated carbocycles. The molecule has 1 aliphatic rings. The molecule has 0 amide bonds. The highest BCUT2D eigenvalue weighted by Crippen LogP contribution is 2.28. The van der Waals surface area contributed by atoms with Gasteiger partial charge in [-0.05, 0) is 37.6 Å². The van der Waals surface area contributed by atoms with Crippen molar-refractivity contribution < 1.29 is 4.21 Å². The lowest BCUT2D eigenvalue weighted by atomic mass is 9.87. The maximum atomic E-state index is 12.3. The predicted octanol–water partition coefficient (Wildman–Crippen LogP) is 2.56. The van der Waals surface area contributed by atoms with Crippen molar-refractivity contribution in [3.05, 3.63) is 0 Å². The van der Waals surface area contributed by atoms with Gasteiger partial charge in [0.25, 0.3) is 0 Å². The Morgan fingerprint density at radius 1 is 1.38 bits per heavy atom. The van der Waals surface area contributed by atoms with Gasteiger partial charge in [0.1, 0.15) is 0 Å². The van der Waals surface area contributed by atoms with E-state index < -0.39 is 10.8 Å². The summed E-state index contributed by atoms with van der Waals surface area (Å²) < 4.78 is 12.3. The summed E-state index contributed by atoms with van der Waals surface area (Å²) in [6, 6.07) is 0.487. The van der Waals surface area contributed by atoms with Gasteiger partial charge in [0.2, 0.25) is 0 Å². The van der Waals surface area contributed by atoms with E-state index in [9.17, 15) is 4.21 Å². The molecule has 0 aliphatic heterocycles. The van der Waals surface area contributed by atoms with Gasteiger partial charge in [-0.25, -0.2) is 0 Å². The van der Waals surface area contributed by atoms with Crippen LogP contribution in [0.3, 0.4) is 0 Å². The van der Waals surface area contributed by atoms with Crippen LogP contribution < -0.4 is 5.32 Å². The Hall–Kier alpha value is 0.110. The summed E-state index contributed by atoms with van der Waals surface area (Å²) >= 11 is 0. The molecule has 0 spiro atoms. The summed E-state index contributed by atoms with van der Waals surface area (Å²) in [5, 5.41) is 3.90. The van der Waals surface area contributed by atoms with Gasteiger partial charge in [-0.1, -0.05) is 27.7 Å². The fourth-order valence-corrected chi connectivity index (χ4v) is 4.61. The average molecular weight is 245 g/mol. The SMILES string of the molecule is CCNC1CCC(C)CC1S(=O)CC(C)C. The zero-order chi connectivity index (χ0) is 12.1. The molecule has 96 valence electrons. The molecule has 0 aromatic heterocycles. The quantitative estimate of drug-likeness (QED) is 0.806. The van der Waals surface area contributed by atoms with E-state index in [2.05, 4.69) is 33.0 Å². The molecule has 0 aromatic rings. The van der Waals surface area contributed by atoms with Gasteiger partial charge < -0.3 is 5.32 Å². The topological polar surface area (TPSA) is 29.1 Å². The molecule has 1 fully saturated rings. The molecule has 1 N–H and O–H groups in total. The number of hydrogen-bond donors (Lipinski definition) is 1. The van der Waals surface area contributed by atoms with Gasteiger partial charge in [-0.3, -0.25) is 4.21 Å². The van der Waals surface area contributed by atoms with Crippen LogP contribution in [0.15, 0.2) is 0 Å². The molecule has 1 rings (SSSR count). The van der Waals surface area contributed by atoms with Crippen molar-refractivity contribution in [2.45, 2.75) is 58.2 Å². The third-order valence-corrected chi connectivity index (χ3v) is 5.55. The zero-order valence-electron chi connectivity index (χ0n) is 11.2. The van der Waals surface area contributed by atoms with Gasteiger partial charge in [-0.2, -0.15) is 0 Å². The van der Waals surface area contributed by atoms with Crippen molar-refractivity contribution in [2.75, 3.05) is 12.3 Å². The summed E-state index contributed by atoms with van der Waals surface area (Å²) in [5.74, 6) is 2.15. The van der Waals surface area contributed by atoms with Crippen LogP contribution in [0.5, 0.6) is 0 Å². The predicted molar refractivity (Wildman–Crippen MR) is 72.1 cm³/mol.